The Hall–Kier alpha value is -4.70. The van der Waals surface area contributed by atoms with Gasteiger partial charge in [-0.1, -0.05) is 51.1 Å². The van der Waals surface area contributed by atoms with Crippen molar-refractivity contribution in [3.63, 3.8) is 0 Å². The van der Waals surface area contributed by atoms with Crippen molar-refractivity contribution < 1.29 is 4.74 Å². The third kappa shape index (κ3) is 4.25. The molecule has 0 amide bonds. The van der Waals surface area contributed by atoms with Crippen LogP contribution in [0.2, 0.25) is 0 Å². The smallest absolute Gasteiger partial charge is 0.269 e. The van der Waals surface area contributed by atoms with Crippen molar-refractivity contribution in [2.24, 2.45) is 0 Å². The van der Waals surface area contributed by atoms with Gasteiger partial charge in [-0.05, 0) is 59.9 Å². The summed E-state index contributed by atoms with van der Waals surface area (Å²) >= 11 is 0. The maximum atomic E-state index is 13.6. The first-order chi connectivity index (χ1) is 17.2. The second-order valence-corrected chi connectivity index (χ2v) is 9.67. The number of nitrogens with zero attached hydrogens (tertiary/aromatic N) is 4. The molecular formula is C29H25N5O2. The summed E-state index contributed by atoms with van der Waals surface area (Å²) in [4.78, 5) is 25.9. The minimum Gasteiger partial charge on any atom is -0.438 e. The lowest BCUT2D eigenvalue weighted by atomic mass is 9.87. The molecule has 178 valence electrons. The molecule has 0 bridgehead atoms. The number of hydrogen-bond acceptors (Lipinski definition) is 5. The van der Waals surface area contributed by atoms with Gasteiger partial charge in [-0.25, -0.2) is 4.98 Å². The molecule has 0 unspecified atom stereocenters. The van der Waals surface area contributed by atoms with Gasteiger partial charge in [0.05, 0.1) is 16.6 Å². The number of fused-ring (bicyclic) bond motifs is 2. The van der Waals surface area contributed by atoms with Gasteiger partial charge in [-0.15, -0.1) is 0 Å². The Morgan fingerprint density at radius 3 is 2.50 bits per heavy atom. The van der Waals surface area contributed by atoms with E-state index in [1.807, 2.05) is 61.5 Å². The molecule has 1 N–H and O–H groups in total. The lowest BCUT2D eigenvalue weighted by molar-refractivity contribution is 0.460. The largest absolute Gasteiger partial charge is 0.438 e. The Bertz CT molecular complexity index is 1700. The van der Waals surface area contributed by atoms with E-state index in [0.717, 1.165) is 22.2 Å². The molecule has 0 spiro atoms. The Balaban J connectivity index is 1.67. The van der Waals surface area contributed by atoms with Gasteiger partial charge >= 0.3 is 0 Å². The summed E-state index contributed by atoms with van der Waals surface area (Å²) in [5.41, 5.74) is 4.03. The Morgan fingerprint density at radius 1 is 1.06 bits per heavy atom. The fourth-order valence-electron chi connectivity index (χ4n) is 4.01. The van der Waals surface area contributed by atoms with Crippen LogP contribution >= 0.6 is 0 Å². The van der Waals surface area contributed by atoms with E-state index < -0.39 is 0 Å². The zero-order chi connectivity index (χ0) is 25.4. The standard InChI is InChI=1S/C29H25N5O2/c1-18-8-7-15-34-26(18)33-27(36-21-13-11-20(12-14-21)29(2,3)4)22(28(34)35)16-19(17-30)25-31-23-9-5-6-10-24(23)32-25/h5-16H,1-4H3,(H,31,32)/b19-16+. The van der Waals surface area contributed by atoms with Gasteiger partial charge in [0.25, 0.3) is 5.56 Å². The summed E-state index contributed by atoms with van der Waals surface area (Å²) < 4.78 is 7.61. The molecule has 0 saturated carbocycles. The molecule has 5 aromatic rings. The Morgan fingerprint density at radius 2 is 1.81 bits per heavy atom. The first-order valence-corrected chi connectivity index (χ1v) is 11.6. The summed E-state index contributed by atoms with van der Waals surface area (Å²) in [6.45, 7) is 8.31. The molecular weight excluding hydrogens is 450 g/mol. The van der Waals surface area contributed by atoms with Crippen LogP contribution in [0.3, 0.4) is 0 Å². The van der Waals surface area contributed by atoms with Crippen LogP contribution in [0.5, 0.6) is 11.6 Å². The molecule has 3 aromatic heterocycles. The van der Waals surface area contributed by atoms with Crippen molar-refractivity contribution in [2.75, 3.05) is 0 Å². The van der Waals surface area contributed by atoms with Crippen LogP contribution < -0.4 is 10.3 Å². The lowest BCUT2D eigenvalue weighted by Crippen LogP contribution is -2.19. The average molecular weight is 476 g/mol. The van der Waals surface area contributed by atoms with Crippen LogP contribution in [0.4, 0.5) is 0 Å². The quantitative estimate of drug-likeness (QED) is 0.320. The number of nitriles is 1. The lowest BCUT2D eigenvalue weighted by Gasteiger charge is -2.19. The molecule has 0 radical (unpaired) electrons. The van der Waals surface area contributed by atoms with Gasteiger partial charge < -0.3 is 9.72 Å². The molecule has 0 fully saturated rings. The topological polar surface area (TPSA) is 96.1 Å². The van der Waals surface area contributed by atoms with Crippen LogP contribution in [0, 0.1) is 18.3 Å². The van der Waals surface area contributed by atoms with Crippen molar-refractivity contribution in [2.45, 2.75) is 33.1 Å². The number of pyridine rings is 1. The van der Waals surface area contributed by atoms with Crippen molar-refractivity contribution >= 4 is 28.3 Å². The maximum absolute atomic E-state index is 13.6. The number of imidazole rings is 1. The maximum Gasteiger partial charge on any atom is 0.269 e. The van der Waals surface area contributed by atoms with Gasteiger partial charge in [0.15, 0.2) is 0 Å². The molecule has 0 aliphatic carbocycles. The summed E-state index contributed by atoms with van der Waals surface area (Å²) in [6, 6.07) is 21.1. The first-order valence-electron chi connectivity index (χ1n) is 11.6. The third-order valence-electron chi connectivity index (χ3n) is 6.04. The number of aromatic amines is 1. The monoisotopic (exact) mass is 475 g/mol. The number of para-hydroxylation sites is 2. The number of allylic oxidation sites excluding steroid dienone is 1. The number of ether oxygens (including phenoxy) is 1. The fraction of sp³-hybridized carbons (Fsp3) is 0.172. The van der Waals surface area contributed by atoms with E-state index in [1.54, 1.807) is 12.3 Å². The molecule has 36 heavy (non-hydrogen) atoms. The minimum atomic E-state index is -0.339. The SMILES string of the molecule is Cc1cccn2c(=O)c(/C=C(\C#N)c3nc4ccccc4[nH]3)c(Oc3ccc(C(C)(C)C)cc3)nc12. The first kappa shape index (κ1) is 23.1. The van der Waals surface area contributed by atoms with Crippen LogP contribution in [-0.4, -0.2) is 19.4 Å². The normalized spacial score (nSPS) is 12.1. The number of aryl methyl sites for hydroxylation is 1. The average Bonchev–Trinajstić information content (AvgIpc) is 3.28. The number of benzene rings is 2. The minimum absolute atomic E-state index is 0.00214. The highest BCUT2D eigenvalue weighted by atomic mass is 16.5. The van der Waals surface area contributed by atoms with Crippen LogP contribution in [0.15, 0.2) is 71.7 Å². The van der Waals surface area contributed by atoms with Crippen LogP contribution in [0.25, 0.3) is 28.3 Å². The molecule has 3 heterocycles. The van der Waals surface area contributed by atoms with E-state index in [-0.39, 0.29) is 28.0 Å². The predicted molar refractivity (Wildman–Crippen MR) is 141 cm³/mol. The molecule has 2 aromatic carbocycles. The summed E-state index contributed by atoms with van der Waals surface area (Å²) in [6.07, 6.45) is 3.14. The second-order valence-electron chi connectivity index (χ2n) is 9.67. The Kier molecular flexibility index (Phi) is 5.65. The summed E-state index contributed by atoms with van der Waals surface area (Å²) in [5.74, 6) is 1.04. The third-order valence-corrected chi connectivity index (χ3v) is 6.04. The number of aromatic nitrogens is 4. The van der Waals surface area contributed by atoms with E-state index >= 15 is 0 Å². The fourth-order valence-corrected chi connectivity index (χ4v) is 4.01. The predicted octanol–water partition coefficient (Wildman–Crippen LogP) is 6.03. The van der Waals surface area contributed by atoms with Crippen molar-refractivity contribution in [1.29, 1.82) is 5.26 Å². The Labute approximate surface area is 208 Å². The van der Waals surface area contributed by atoms with Gasteiger partial charge in [0.2, 0.25) is 5.88 Å². The molecule has 7 nitrogen and oxygen atoms in total. The molecule has 0 aliphatic rings. The van der Waals surface area contributed by atoms with E-state index in [0.29, 0.717) is 17.2 Å². The van der Waals surface area contributed by atoms with Crippen LogP contribution in [-0.2, 0) is 5.41 Å². The van der Waals surface area contributed by atoms with Crippen LogP contribution in [0.1, 0.15) is 43.3 Å². The number of rotatable bonds is 4. The van der Waals surface area contributed by atoms with Gasteiger partial charge in [-0.2, -0.15) is 10.2 Å². The van der Waals surface area contributed by atoms with Crippen molar-refractivity contribution in [3.05, 3.63) is 99.7 Å². The molecule has 7 heteroatoms. The molecule has 5 rings (SSSR count). The van der Waals surface area contributed by atoms with E-state index in [1.165, 1.54) is 10.5 Å². The van der Waals surface area contributed by atoms with Crippen molar-refractivity contribution in [1.82, 2.24) is 19.4 Å². The summed E-state index contributed by atoms with van der Waals surface area (Å²) in [5, 5.41) is 9.95. The molecule has 0 aliphatic heterocycles. The molecule has 0 atom stereocenters. The number of H-pyrrole nitrogens is 1. The molecule has 0 saturated heterocycles. The summed E-state index contributed by atoms with van der Waals surface area (Å²) in [7, 11) is 0. The van der Waals surface area contributed by atoms with Gasteiger partial charge in [0.1, 0.15) is 28.9 Å². The highest BCUT2D eigenvalue weighted by molar-refractivity contribution is 5.91. The van der Waals surface area contributed by atoms with E-state index in [2.05, 4.69) is 41.8 Å². The number of hydrogen-bond donors (Lipinski definition) is 1. The highest BCUT2D eigenvalue weighted by Crippen LogP contribution is 2.29. The van der Waals surface area contributed by atoms with E-state index in [9.17, 15) is 10.1 Å². The zero-order valence-corrected chi connectivity index (χ0v) is 20.5. The highest BCUT2D eigenvalue weighted by Gasteiger charge is 2.18. The number of nitrogens with one attached hydrogen (secondary N) is 1. The van der Waals surface area contributed by atoms with Gasteiger partial charge in [0, 0.05) is 6.20 Å². The van der Waals surface area contributed by atoms with Crippen molar-refractivity contribution in [3.8, 4) is 17.7 Å². The zero-order valence-electron chi connectivity index (χ0n) is 20.5. The van der Waals surface area contributed by atoms with Gasteiger partial charge in [-0.3, -0.25) is 9.20 Å². The second kappa shape index (κ2) is 8.82. The van der Waals surface area contributed by atoms with E-state index in [4.69, 9.17) is 4.74 Å².